The molecule has 1 aromatic carbocycles. The molecule has 18 heavy (non-hydrogen) atoms. The Hall–Kier alpha value is -1.15. The molecule has 2 heteroatoms. The number of hydrogen-bond donors (Lipinski definition) is 0. The van der Waals surface area contributed by atoms with Gasteiger partial charge >= 0.3 is 0 Å². The molecule has 1 atom stereocenters. The predicted octanol–water partition coefficient (Wildman–Crippen LogP) is 3.30. The first-order valence-electron chi connectivity index (χ1n) is 7.01. The maximum Gasteiger partial charge on any atom is 0.176 e. The second-order valence-electron chi connectivity index (χ2n) is 5.47. The van der Waals surface area contributed by atoms with Gasteiger partial charge in [-0.15, -0.1) is 0 Å². The fraction of sp³-hybridized carbons (Fsp3) is 0.562. The average Bonchev–Trinajstić information content (AvgIpc) is 2.77. The Balaban J connectivity index is 1.89. The Morgan fingerprint density at radius 3 is 3.00 bits per heavy atom. The molecular formula is C16H23NO. The van der Waals surface area contributed by atoms with Crippen molar-refractivity contribution in [3.63, 3.8) is 0 Å². The summed E-state index contributed by atoms with van der Waals surface area (Å²) in [6, 6.07) is 7.91. The minimum absolute atomic E-state index is 0.260. The van der Waals surface area contributed by atoms with Gasteiger partial charge in [-0.25, -0.2) is 0 Å². The van der Waals surface area contributed by atoms with Gasteiger partial charge in [0, 0.05) is 12.1 Å². The third-order valence-corrected chi connectivity index (χ3v) is 3.77. The van der Waals surface area contributed by atoms with Crippen molar-refractivity contribution in [2.45, 2.75) is 33.1 Å². The van der Waals surface area contributed by atoms with Crippen LogP contribution in [-0.4, -0.2) is 30.3 Å². The standard InChI is InChI=1S/C16H23NO/c1-3-5-14-8-9-17(11-14)12-16(18)15-7-4-6-13(2)10-15/h4,6-7,10,14H,3,5,8-9,11-12H2,1-2H3. The lowest BCUT2D eigenvalue weighted by Gasteiger charge is -2.15. The van der Waals surface area contributed by atoms with Gasteiger partial charge in [-0.1, -0.05) is 37.1 Å². The van der Waals surface area contributed by atoms with E-state index in [1.807, 2.05) is 31.2 Å². The van der Waals surface area contributed by atoms with E-state index in [1.165, 1.54) is 19.3 Å². The zero-order valence-corrected chi connectivity index (χ0v) is 11.5. The lowest BCUT2D eigenvalue weighted by molar-refractivity contribution is 0.0943. The molecular weight excluding hydrogens is 222 g/mol. The third kappa shape index (κ3) is 3.42. The van der Waals surface area contributed by atoms with Gasteiger partial charge in [-0.3, -0.25) is 9.69 Å². The van der Waals surface area contributed by atoms with Crippen molar-refractivity contribution < 1.29 is 4.79 Å². The lowest BCUT2D eigenvalue weighted by Crippen LogP contribution is -2.27. The molecule has 0 aliphatic carbocycles. The molecule has 2 rings (SSSR count). The van der Waals surface area contributed by atoms with Gasteiger partial charge in [-0.05, 0) is 38.3 Å². The van der Waals surface area contributed by atoms with Crippen LogP contribution in [0.25, 0.3) is 0 Å². The molecule has 1 saturated heterocycles. The predicted molar refractivity (Wildman–Crippen MR) is 75.0 cm³/mol. The topological polar surface area (TPSA) is 20.3 Å². The van der Waals surface area contributed by atoms with Crippen LogP contribution < -0.4 is 0 Å². The van der Waals surface area contributed by atoms with Gasteiger partial charge in [0.1, 0.15) is 0 Å². The van der Waals surface area contributed by atoms with E-state index in [4.69, 9.17) is 0 Å². The van der Waals surface area contributed by atoms with Crippen molar-refractivity contribution >= 4 is 5.78 Å². The van der Waals surface area contributed by atoms with Crippen LogP contribution in [0.1, 0.15) is 42.1 Å². The van der Waals surface area contributed by atoms with Crippen molar-refractivity contribution in [3.05, 3.63) is 35.4 Å². The Morgan fingerprint density at radius 2 is 2.28 bits per heavy atom. The number of hydrogen-bond acceptors (Lipinski definition) is 2. The van der Waals surface area contributed by atoms with E-state index in [2.05, 4.69) is 11.8 Å². The Morgan fingerprint density at radius 1 is 1.44 bits per heavy atom. The second kappa shape index (κ2) is 6.14. The summed E-state index contributed by atoms with van der Waals surface area (Å²) in [7, 11) is 0. The molecule has 1 aromatic rings. The molecule has 1 unspecified atom stereocenters. The van der Waals surface area contributed by atoms with Crippen LogP contribution in [0.5, 0.6) is 0 Å². The largest absolute Gasteiger partial charge is 0.296 e. The highest BCUT2D eigenvalue weighted by atomic mass is 16.1. The van der Waals surface area contributed by atoms with Crippen molar-refractivity contribution in [2.24, 2.45) is 5.92 Å². The van der Waals surface area contributed by atoms with Crippen LogP contribution in [0.15, 0.2) is 24.3 Å². The van der Waals surface area contributed by atoms with Gasteiger partial charge in [0.25, 0.3) is 0 Å². The molecule has 1 fully saturated rings. The van der Waals surface area contributed by atoms with Crippen LogP contribution >= 0.6 is 0 Å². The molecule has 0 aromatic heterocycles. The van der Waals surface area contributed by atoms with Crippen molar-refractivity contribution in [2.75, 3.05) is 19.6 Å². The number of carbonyl (C=O) groups excluding carboxylic acids is 1. The smallest absolute Gasteiger partial charge is 0.176 e. The summed E-state index contributed by atoms with van der Waals surface area (Å²) < 4.78 is 0. The normalized spacial score (nSPS) is 20.2. The zero-order chi connectivity index (χ0) is 13.0. The van der Waals surface area contributed by atoms with E-state index in [0.717, 1.165) is 30.1 Å². The highest BCUT2D eigenvalue weighted by Gasteiger charge is 2.23. The molecule has 0 amide bonds. The number of rotatable bonds is 5. The average molecular weight is 245 g/mol. The summed E-state index contributed by atoms with van der Waals surface area (Å²) in [6.07, 6.45) is 3.81. The minimum atomic E-state index is 0.260. The molecule has 1 aliphatic rings. The number of benzene rings is 1. The number of aryl methyl sites for hydroxylation is 1. The molecule has 98 valence electrons. The quantitative estimate of drug-likeness (QED) is 0.742. The maximum atomic E-state index is 12.2. The monoisotopic (exact) mass is 245 g/mol. The number of likely N-dealkylation sites (tertiary alicyclic amines) is 1. The van der Waals surface area contributed by atoms with Crippen LogP contribution in [0.3, 0.4) is 0 Å². The summed E-state index contributed by atoms with van der Waals surface area (Å²) in [5.41, 5.74) is 2.01. The van der Waals surface area contributed by atoms with E-state index in [0.29, 0.717) is 6.54 Å². The van der Waals surface area contributed by atoms with Gasteiger partial charge in [0.15, 0.2) is 5.78 Å². The van der Waals surface area contributed by atoms with Crippen molar-refractivity contribution in [1.29, 1.82) is 0 Å². The fourth-order valence-corrected chi connectivity index (χ4v) is 2.81. The Kier molecular flexibility index (Phi) is 4.54. The first-order valence-corrected chi connectivity index (χ1v) is 7.01. The van der Waals surface area contributed by atoms with Crippen LogP contribution in [0.4, 0.5) is 0 Å². The van der Waals surface area contributed by atoms with E-state index >= 15 is 0 Å². The summed E-state index contributed by atoms with van der Waals surface area (Å²) in [5.74, 6) is 1.07. The SMILES string of the molecule is CCCC1CCN(CC(=O)c2cccc(C)c2)C1. The molecule has 2 nitrogen and oxygen atoms in total. The van der Waals surface area contributed by atoms with E-state index in [-0.39, 0.29) is 5.78 Å². The molecule has 0 bridgehead atoms. The lowest BCUT2D eigenvalue weighted by atomic mass is 10.0. The zero-order valence-electron chi connectivity index (χ0n) is 11.5. The summed E-state index contributed by atoms with van der Waals surface area (Å²) >= 11 is 0. The summed E-state index contributed by atoms with van der Waals surface area (Å²) in [4.78, 5) is 14.5. The van der Waals surface area contributed by atoms with Crippen LogP contribution in [-0.2, 0) is 0 Å². The van der Waals surface area contributed by atoms with Gasteiger partial charge < -0.3 is 0 Å². The first-order chi connectivity index (χ1) is 8.69. The van der Waals surface area contributed by atoms with Crippen molar-refractivity contribution in [1.82, 2.24) is 4.90 Å². The van der Waals surface area contributed by atoms with Gasteiger partial charge in [-0.2, -0.15) is 0 Å². The van der Waals surface area contributed by atoms with E-state index in [1.54, 1.807) is 0 Å². The Labute approximate surface area is 110 Å². The molecule has 0 N–H and O–H groups in total. The maximum absolute atomic E-state index is 12.2. The fourth-order valence-electron chi connectivity index (χ4n) is 2.81. The molecule has 0 spiro atoms. The number of Topliss-reactive ketones (excluding diaryl/α,β-unsaturated/α-hetero) is 1. The third-order valence-electron chi connectivity index (χ3n) is 3.77. The Bertz CT molecular complexity index is 413. The molecule has 0 radical (unpaired) electrons. The second-order valence-corrected chi connectivity index (χ2v) is 5.47. The highest BCUT2D eigenvalue weighted by molar-refractivity contribution is 5.97. The minimum Gasteiger partial charge on any atom is -0.296 e. The first kappa shape index (κ1) is 13.3. The number of carbonyl (C=O) groups is 1. The van der Waals surface area contributed by atoms with Gasteiger partial charge in [0.2, 0.25) is 0 Å². The van der Waals surface area contributed by atoms with Gasteiger partial charge in [0.05, 0.1) is 6.54 Å². The summed E-state index contributed by atoms with van der Waals surface area (Å²) in [6.45, 7) is 7.04. The van der Waals surface area contributed by atoms with E-state index in [9.17, 15) is 4.79 Å². The highest BCUT2D eigenvalue weighted by Crippen LogP contribution is 2.21. The van der Waals surface area contributed by atoms with Crippen molar-refractivity contribution in [3.8, 4) is 0 Å². The van der Waals surface area contributed by atoms with Crippen LogP contribution in [0, 0.1) is 12.8 Å². The number of nitrogens with zero attached hydrogens (tertiary/aromatic N) is 1. The molecule has 1 aliphatic heterocycles. The molecule has 1 heterocycles. The summed E-state index contributed by atoms with van der Waals surface area (Å²) in [5, 5.41) is 0. The van der Waals surface area contributed by atoms with E-state index < -0.39 is 0 Å². The van der Waals surface area contributed by atoms with Crippen LogP contribution in [0.2, 0.25) is 0 Å². The molecule has 0 saturated carbocycles. The number of ketones is 1.